The molecule has 18 heavy (non-hydrogen) atoms. The van der Waals surface area contributed by atoms with Gasteiger partial charge in [0.15, 0.2) is 5.78 Å². The van der Waals surface area contributed by atoms with Crippen molar-refractivity contribution in [3.63, 3.8) is 0 Å². The Morgan fingerprint density at radius 2 is 1.72 bits per heavy atom. The van der Waals surface area contributed by atoms with Crippen molar-refractivity contribution in [3.05, 3.63) is 64.1 Å². The van der Waals surface area contributed by atoms with Gasteiger partial charge in [-0.05, 0) is 29.8 Å². The average molecular weight is 300 g/mol. The number of para-hydroxylation sites is 1. The van der Waals surface area contributed by atoms with Gasteiger partial charge in [-0.15, -0.1) is 0 Å². The first-order chi connectivity index (χ1) is 8.75. The quantitative estimate of drug-likeness (QED) is 0.778. The molecule has 2 aromatic rings. The molecule has 0 fully saturated rings. The van der Waals surface area contributed by atoms with E-state index in [2.05, 4.69) is 20.9 Å². The molecule has 0 bridgehead atoms. The molecule has 0 amide bonds. The third kappa shape index (κ3) is 1.91. The van der Waals surface area contributed by atoms with Crippen molar-refractivity contribution in [2.75, 3.05) is 0 Å². The van der Waals surface area contributed by atoms with Gasteiger partial charge in [-0.3, -0.25) is 9.79 Å². The largest absolute Gasteiger partial charge is 0.293 e. The molecule has 1 atom stereocenters. The Hall–Kier alpha value is -1.74. The average Bonchev–Trinajstić information content (AvgIpc) is 2.41. The zero-order valence-electron chi connectivity index (χ0n) is 9.51. The van der Waals surface area contributed by atoms with E-state index in [9.17, 15) is 4.79 Å². The fraction of sp³-hybridized carbons (Fsp3) is 0.0667. The van der Waals surface area contributed by atoms with Gasteiger partial charge in [-0.25, -0.2) is 0 Å². The fourth-order valence-corrected chi connectivity index (χ4v) is 2.36. The van der Waals surface area contributed by atoms with Crippen molar-refractivity contribution in [2.24, 2.45) is 4.99 Å². The van der Waals surface area contributed by atoms with Crippen LogP contribution in [0.5, 0.6) is 0 Å². The first kappa shape index (κ1) is 11.4. The molecule has 1 unspecified atom stereocenters. The zero-order valence-corrected chi connectivity index (χ0v) is 11.1. The van der Waals surface area contributed by atoms with Gasteiger partial charge in [-0.2, -0.15) is 0 Å². The van der Waals surface area contributed by atoms with E-state index in [1.54, 1.807) is 6.21 Å². The molecule has 0 spiro atoms. The number of hydrogen-bond donors (Lipinski definition) is 0. The Balaban J connectivity index is 2.03. The van der Waals surface area contributed by atoms with Crippen LogP contribution < -0.4 is 0 Å². The highest BCUT2D eigenvalue weighted by Gasteiger charge is 2.25. The first-order valence-electron chi connectivity index (χ1n) is 5.68. The van der Waals surface area contributed by atoms with Crippen molar-refractivity contribution in [2.45, 2.75) is 5.92 Å². The standard InChI is InChI=1S/C15H10BrNO/c16-11-7-5-10(6-8-11)13-9-17-14-4-2-1-3-12(14)15(13)18/h1-9,13H. The second-order valence-corrected chi connectivity index (χ2v) is 5.10. The van der Waals surface area contributed by atoms with Crippen LogP contribution in [0.25, 0.3) is 0 Å². The first-order valence-corrected chi connectivity index (χ1v) is 6.48. The van der Waals surface area contributed by atoms with Crippen LogP contribution >= 0.6 is 15.9 Å². The minimum atomic E-state index is -0.270. The summed E-state index contributed by atoms with van der Waals surface area (Å²) in [7, 11) is 0. The molecule has 3 rings (SSSR count). The van der Waals surface area contributed by atoms with Crippen molar-refractivity contribution in [1.29, 1.82) is 0 Å². The number of hydrogen-bond acceptors (Lipinski definition) is 2. The molecule has 1 aliphatic rings. The smallest absolute Gasteiger partial charge is 0.177 e. The third-order valence-corrected chi connectivity index (χ3v) is 3.57. The molecule has 0 saturated carbocycles. The lowest BCUT2D eigenvalue weighted by molar-refractivity contribution is 0.0983. The summed E-state index contributed by atoms with van der Waals surface area (Å²) in [6, 6.07) is 15.2. The number of benzene rings is 2. The topological polar surface area (TPSA) is 29.4 Å². The Morgan fingerprint density at radius 1 is 1.00 bits per heavy atom. The van der Waals surface area contributed by atoms with Crippen LogP contribution in [0.1, 0.15) is 21.8 Å². The maximum Gasteiger partial charge on any atom is 0.177 e. The molecule has 2 nitrogen and oxygen atoms in total. The van der Waals surface area contributed by atoms with E-state index >= 15 is 0 Å². The number of rotatable bonds is 1. The lowest BCUT2D eigenvalue weighted by Crippen LogP contribution is -2.17. The molecular formula is C15H10BrNO. The van der Waals surface area contributed by atoms with E-state index in [-0.39, 0.29) is 11.7 Å². The number of carbonyl (C=O) groups is 1. The number of ketones is 1. The summed E-state index contributed by atoms with van der Waals surface area (Å²) in [5.41, 5.74) is 2.44. The molecule has 0 saturated heterocycles. The Morgan fingerprint density at radius 3 is 2.50 bits per heavy atom. The van der Waals surface area contributed by atoms with E-state index in [1.165, 1.54) is 0 Å². The van der Waals surface area contributed by atoms with Gasteiger partial charge in [-0.1, -0.05) is 40.2 Å². The molecule has 0 aliphatic carbocycles. The van der Waals surface area contributed by atoms with Crippen LogP contribution in [-0.2, 0) is 0 Å². The summed E-state index contributed by atoms with van der Waals surface area (Å²) in [5, 5.41) is 0. The van der Waals surface area contributed by atoms with Crippen molar-refractivity contribution in [3.8, 4) is 0 Å². The number of halogens is 1. The monoisotopic (exact) mass is 299 g/mol. The summed E-state index contributed by atoms with van der Waals surface area (Å²) in [6.07, 6.45) is 1.73. The predicted molar refractivity (Wildman–Crippen MR) is 75.8 cm³/mol. The third-order valence-electron chi connectivity index (χ3n) is 3.04. The lowest BCUT2D eigenvalue weighted by atomic mass is 9.89. The Bertz CT molecular complexity index is 631. The van der Waals surface area contributed by atoms with Crippen LogP contribution in [0, 0.1) is 0 Å². The number of carbonyl (C=O) groups excluding carboxylic acids is 1. The second kappa shape index (κ2) is 4.50. The normalized spacial score (nSPS) is 17.6. The lowest BCUT2D eigenvalue weighted by Gasteiger charge is -2.17. The minimum absolute atomic E-state index is 0.114. The van der Waals surface area contributed by atoms with E-state index < -0.39 is 0 Å². The van der Waals surface area contributed by atoms with Crippen LogP contribution in [0.3, 0.4) is 0 Å². The highest BCUT2D eigenvalue weighted by molar-refractivity contribution is 9.10. The van der Waals surface area contributed by atoms with Gasteiger partial charge in [0.05, 0.1) is 11.6 Å². The summed E-state index contributed by atoms with van der Waals surface area (Å²) in [6.45, 7) is 0. The maximum atomic E-state index is 12.4. The molecule has 0 aromatic heterocycles. The van der Waals surface area contributed by atoms with Crippen molar-refractivity contribution < 1.29 is 4.79 Å². The molecule has 88 valence electrons. The van der Waals surface area contributed by atoms with Gasteiger partial charge in [0.2, 0.25) is 0 Å². The number of nitrogens with zero attached hydrogens (tertiary/aromatic N) is 1. The van der Waals surface area contributed by atoms with Crippen LogP contribution in [0.4, 0.5) is 5.69 Å². The van der Waals surface area contributed by atoms with Crippen LogP contribution in [0.2, 0.25) is 0 Å². The van der Waals surface area contributed by atoms with Gasteiger partial charge in [0, 0.05) is 16.3 Å². The molecule has 2 aromatic carbocycles. The van der Waals surface area contributed by atoms with E-state index in [1.807, 2.05) is 48.5 Å². The highest BCUT2D eigenvalue weighted by Crippen LogP contribution is 2.30. The zero-order chi connectivity index (χ0) is 12.5. The van der Waals surface area contributed by atoms with E-state index in [0.717, 1.165) is 15.7 Å². The van der Waals surface area contributed by atoms with E-state index in [4.69, 9.17) is 0 Å². The van der Waals surface area contributed by atoms with Gasteiger partial charge in [0.25, 0.3) is 0 Å². The molecule has 1 aliphatic heterocycles. The van der Waals surface area contributed by atoms with Gasteiger partial charge >= 0.3 is 0 Å². The summed E-state index contributed by atoms with van der Waals surface area (Å²) in [5.74, 6) is -0.157. The SMILES string of the molecule is O=C1c2ccccc2N=CC1c1ccc(Br)cc1. The predicted octanol–water partition coefficient (Wildman–Crippen LogP) is 4.13. The maximum absolute atomic E-state index is 12.4. The van der Waals surface area contributed by atoms with Gasteiger partial charge < -0.3 is 0 Å². The van der Waals surface area contributed by atoms with E-state index in [0.29, 0.717) is 5.56 Å². The minimum Gasteiger partial charge on any atom is -0.293 e. The van der Waals surface area contributed by atoms with Crippen LogP contribution in [-0.4, -0.2) is 12.0 Å². The summed E-state index contributed by atoms with van der Waals surface area (Å²) in [4.78, 5) is 16.8. The molecular weight excluding hydrogens is 290 g/mol. The summed E-state index contributed by atoms with van der Waals surface area (Å²) >= 11 is 3.39. The Labute approximate surface area is 114 Å². The molecule has 1 heterocycles. The summed E-state index contributed by atoms with van der Waals surface area (Å²) < 4.78 is 1.01. The molecule has 3 heteroatoms. The molecule has 0 radical (unpaired) electrons. The van der Waals surface area contributed by atoms with Gasteiger partial charge in [0.1, 0.15) is 0 Å². The number of fused-ring (bicyclic) bond motifs is 1. The highest BCUT2D eigenvalue weighted by atomic mass is 79.9. The van der Waals surface area contributed by atoms with Crippen molar-refractivity contribution >= 4 is 33.6 Å². The van der Waals surface area contributed by atoms with Crippen molar-refractivity contribution in [1.82, 2.24) is 0 Å². The van der Waals surface area contributed by atoms with Crippen LogP contribution in [0.15, 0.2) is 58.0 Å². The number of Topliss-reactive ketones (excluding diaryl/α,β-unsaturated/α-hetero) is 1. The Kier molecular flexibility index (Phi) is 2.84. The fourth-order valence-electron chi connectivity index (χ4n) is 2.09. The molecule has 0 N–H and O–H groups in total. The second-order valence-electron chi connectivity index (χ2n) is 4.19. The number of aliphatic imine (C=N–C) groups is 1.